The summed E-state index contributed by atoms with van der Waals surface area (Å²) >= 11 is 0. The smallest absolute Gasteiger partial charge is 0.233 e. The number of benzene rings is 1. The van der Waals surface area contributed by atoms with Crippen molar-refractivity contribution in [3.8, 4) is 0 Å². The quantitative estimate of drug-likeness (QED) is 0.411. The van der Waals surface area contributed by atoms with Gasteiger partial charge in [0, 0.05) is 0 Å². The predicted molar refractivity (Wildman–Crippen MR) is 49.4 cm³/mol. The molecule has 12 heavy (non-hydrogen) atoms. The first-order valence-corrected chi connectivity index (χ1v) is 3.75. The Kier molecular flexibility index (Phi) is 3.12. The van der Waals surface area contributed by atoms with Gasteiger partial charge in [-0.3, -0.25) is 0 Å². The van der Waals surface area contributed by atoms with Gasteiger partial charge in [-0.1, -0.05) is 18.2 Å². The number of anilines is 1. The molecule has 1 rings (SSSR count). The summed E-state index contributed by atoms with van der Waals surface area (Å²) in [6.07, 6.45) is 0. The first-order valence-electron chi connectivity index (χ1n) is 3.75. The lowest BCUT2D eigenvalue weighted by Crippen LogP contribution is -2.32. The highest BCUT2D eigenvalue weighted by atomic mass is 15.4. The van der Waals surface area contributed by atoms with E-state index in [9.17, 15) is 0 Å². The Labute approximate surface area is 72.2 Å². The lowest BCUT2D eigenvalue weighted by molar-refractivity contribution is 0.873. The number of rotatable bonds is 3. The molecule has 0 atom stereocenters. The molecule has 0 saturated heterocycles. The molecule has 0 radical (unpaired) electrons. The highest BCUT2D eigenvalue weighted by Gasteiger charge is 1.99. The number of hydrogen-bond acceptors (Lipinski definition) is 2. The highest BCUT2D eigenvalue weighted by molar-refractivity contribution is 5.44. The summed E-state index contributed by atoms with van der Waals surface area (Å²) in [5.41, 5.74) is 0.946. The van der Waals surface area contributed by atoms with E-state index >= 15 is 0 Å². The van der Waals surface area contributed by atoms with E-state index in [2.05, 4.69) is 4.85 Å². The van der Waals surface area contributed by atoms with Crippen LogP contribution in [-0.4, -0.2) is 13.1 Å². The molecule has 0 unspecified atom stereocenters. The van der Waals surface area contributed by atoms with Crippen molar-refractivity contribution in [3.63, 3.8) is 0 Å². The molecule has 0 fully saturated rings. The normalized spacial score (nSPS) is 9.00. The van der Waals surface area contributed by atoms with E-state index < -0.39 is 0 Å². The van der Waals surface area contributed by atoms with E-state index in [1.807, 2.05) is 30.3 Å². The van der Waals surface area contributed by atoms with Gasteiger partial charge in [0.05, 0.1) is 5.69 Å². The maximum atomic E-state index is 6.60. The second-order valence-electron chi connectivity index (χ2n) is 2.41. The van der Waals surface area contributed by atoms with Gasteiger partial charge in [-0.15, -0.1) is 0 Å². The number of nitrogens with zero attached hydrogens (tertiary/aromatic N) is 2. The summed E-state index contributed by atoms with van der Waals surface area (Å²) in [7, 11) is 0. The number of hydrazine groups is 1. The molecule has 0 amide bonds. The molecule has 0 aliphatic carbocycles. The molecule has 2 N–H and O–H groups in total. The van der Waals surface area contributed by atoms with Gasteiger partial charge >= 0.3 is 0 Å². The molecule has 0 saturated carbocycles. The van der Waals surface area contributed by atoms with Gasteiger partial charge < -0.3 is 9.85 Å². The van der Waals surface area contributed by atoms with Gasteiger partial charge in [0.1, 0.15) is 6.54 Å². The molecule has 0 aromatic heterocycles. The molecule has 3 heteroatoms. The van der Waals surface area contributed by atoms with Crippen LogP contribution in [0.15, 0.2) is 30.3 Å². The van der Waals surface area contributed by atoms with Crippen molar-refractivity contribution in [2.45, 2.75) is 0 Å². The van der Waals surface area contributed by atoms with Crippen LogP contribution in [-0.2, 0) is 0 Å². The van der Waals surface area contributed by atoms with Crippen molar-refractivity contribution < 1.29 is 0 Å². The molecule has 0 spiro atoms. The summed E-state index contributed by atoms with van der Waals surface area (Å²) in [6.45, 7) is 7.61. The maximum Gasteiger partial charge on any atom is 0.233 e. The number of nitrogens with two attached hydrogens (primary N) is 1. The lowest BCUT2D eigenvalue weighted by atomic mass is 10.3. The van der Waals surface area contributed by atoms with Gasteiger partial charge in [0.2, 0.25) is 6.54 Å². The van der Waals surface area contributed by atoms with Crippen LogP contribution < -0.4 is 10.9 Å². The fraction of sp³-hybridized carbons (Fsp3) is 0.222. The molecule has 0 aliphatic heterocycles. The van der Waals surface area contributed by atoms with Gasteiger partial charge in [-0.05, 0) is 12.1 Å². The van der Waals surface area contributed by atoms with Crippen LogP contribution in [0.5, 0.6) is 0 Å². The minimum atomic E-state index is 0.436. The second-order valence-corrected chi connectivity index (χ2v) is 2.41. The number of para-hydroxylation sites is 1. The van der Waals surface area contributed by atoms with E-state index in [0.29, 0.717) is 13.1 Å². The first-order chi connectivity index (χ1) is 5.84. The second kappa shape index (κ2) is 4.37. The third kappa shape index (κ3) is 2.26. The van der Waals surface area contributed by atoms with Gasteiger partial charge in [-0.25, -0.2) is 12.4 Å². The number of hydrogen-bond donors (Lipinski definition) is 1. The van der Waals surface area contributed by atoms with Crippen molar-refractivity contribution in [3.05, 3.63) is 41.7 Å². The zero-order valence-corrected chi connectivity index (χ0v) is 6.77. The molecular formula is C9H11N3. The third-order valence-electron chi connectivity index (χ3n) is 1.54. The average Bonchev–Trinajstić information content (AvgIpc) is 2.15. The van der Waals surface area contributed by atoms with Crippen molar-refractivity contribution in [1.29, 1.82) is 0 Å². The Bertz CT molecular complexity index is 263. The summed E-state index contributed by atoms with van der Waals surface area (Å²) in [5, 5.41) is 1.58. The zero-order chi connectivity index (χ0) is 8.81. The van der Waals surface area contributed by atoms with E-state index in [1.54, 1.807) is 5.01 Å². The molecule has 1 aromatic carbocycles. The molecule has 0 bridgehead atoms. The fourth-order valence-electron chi connectivity index (χ4n) is 0.906. The van der Waals surface area contributed by atoms with Gasteiger partial charge in [0.25, 0.3) is 0 Å². The highest BCUT2D eigenvalue weighted by Crippen LogP contribution is 2.07. The van der Waals surface area contributed by atoms with Crippen LogP contribution >= 0.6 is 0 Å². The standard InChI is InChI=1S/C9H11N3/c1-11-7-8-12(10)9-5-3-2-4-6-9/h2-6H,7-8,10H2. The Hall–Kier alpha value is -1.53. The maximum absolute atomic E-state index is 6.60. The largest absolute Gasteiger partial charge is 0.315 e. The summed E-state index contributed by atoms with van der Waals surface area (Å²) < 4.78 is 0. The zero-order valence-electron chi connectivity index (χ0n) is 6.77. The molecule has 0 aliphatic rings. The van der Waals surface area contributed by atoms with Crippen LogP contribution in [0.25, 0.3) is 4.85 Å². The van der Waals surface area contributed by atoms with Gasteiger partial charge in [0.15, 0.2) is 0 Å². The van der Waals surface area contributed by atoms with Crippen molar-refractivity contribution in [2.24, 2.45) is 5.84 Å². The van der Waals surface area contributed by atoms with Crippen LogP contribution in [0.1, 0.15) is 0 Å². The van der Waals surface area contributed by atoms with E-state index in [1.165, 1.54) is 0 Å². The minimum absolute atomic E-state index is 0.436. The fourth-order valence-corrected chi connectivity index (χ4v) is 0.906. The van der Waals surface area contributed by atoms with Crippen LogP contribution in [0.4, 0.5) is 5.69 Å². The predicted octanol–water partition coefficient (Wildman–Crippen LogP) is 1.29. The molecule has 1 aromatic rings. The minimum Gasteiger partial charge on any atom is -0.315 e. The van der Waals surface area contributed by atoms with Crippen LogP contribution in [0.2, 0.25) is 0 Å². The van der Waals surface area contributed by atoms with Crippen LogP contribution in [0, 0.1) is 6.57 Å². The van der Waals surface area contributed by atoms with Gasteiger partial charge in [-0.2, -0.15) is 0 Å². The van der Waals surface area contributed by atoms with E-state index in [4.69, 9.17) is 12.4 Å². The Balaban J connectivity index is 2.55. The van der Waals surface area contributed by atoms with E-state index in [-0.39, 0.29) is 0 Å². The topological polar surface area (TPSA) is 33.6 Å². The van der Waals surface area contributed by atoms with Crippen molar-refractivity contribution in [2.75, 3.05) is 18.1 Å². The third-order valence-corrected chi connectivity index (χ3v) is 1.54. The summed E-state index contributed by atoms with van der Waals surface area (Å²) in [5.74, 6) is 5.67. The van der Waals surface area contributed by atoms with E-state index in [0.717, 1.165) is 5.69 Å². The Morgan fingerprint density at radius 3 is 2.58 bits per heavy atom. The molecule has 3 nitrogen and oxygen atoms in total. The molecule has 0 heterocycles. The monoisotopic (exact) mass is 161 g/mol. The van der Waals surface area contributed by atoms with Crippen LogP contribution in [0.3, 0.4) is 0 Å². The molecule has 62 valence electrons. The SMILES string of the molecule is [C-]#[N+]CCN(N)c1ccccc1. The van der Waals surface area contributed by atoms with Crippen molar-refractivity contribution >= 4 is 5.69 Å². The first kappa shape index (κ1) is 8.57. The summed E-state index contributed by atoms with van der Waals surface area (Å²) in [4.78, 5) is 3.23. The Morgan fingerprint density at radius 1 is 1.33 bits per heavy atom. The summed E-state index contributed by atoms with van der Waals surface area (Å²) in [6, 6.07) is 9.63. The Morgan fingerprint density at radius 2 is 2.00 bits per heavy atom. The lowest BCUT2D eigenvalue weighted by Gasteiger charge is -2.14. The average molecular weight is 161 g/mol. The van der Waals surface area contributed by atoms with Crippen molar-refractivity contribution in [1.82, 2.24) is 0 Å². The molecular weight excluding hydrogens is 150 g/mol.